The van der Waals surface area contributed by atoms with Gasteiger partial charge in [0, 0.05) is 12.5 Å². The Balaban J connectivity index is 1.54. The van der Waals surface area contributed by atoms with Crippen molar-refractivity contribution in [2.45, 2.75) is 63.9 Å². The molecule has 0 aromatic heterocycles. The van der Waals surface area contributed by atoms with Crippen molar-refractivity contribution < 1.29 is 13.7 Å². The summed E-state index contributed by atoms with van der Waals surface area (Å²) in [5, 5.41) is 3.20. The Morgan fingerprint density at radius 2 is 2.00 bits per heavy atom. The lowest BCUT2D eigenvalue weighted by Gasteiger charge is -2.64. The van der Waals surface area contributed by atoms with Gasteiger partial charge in [0.2, 0.25) is 0 Å². The van der Waals surface area contributed by atoms with Crippen molar-refractivity contribution in [3.63, 3.8) is 0 Å². The van der Waals surface area contributed by atoms with Crippen molar-refractivity contribution in [1.29, 1.82) is 0 Å². The molecule has 0 aromatic rings. The van der Waals surface area contributed by atoms with E-state index in [-0.39, 0.29) is 24.8 Å². The van der Waals surface area contributed by atoms with Crippen molar-refractivity contribution in [2.24, 2.45) is 17.3 Å². The molecule has 6 unspecified atom stereocenters. The third kappa shape index (κ3) is 1.55. The Kier molecular flexibility index (Phi) is 2.48. The Bertz CT molecular complexity index is 407. The van der Waals surface area contributed by atoms with Crippen LogP contribution in [0.2, 0.25) is 0 Å². The molecule has 106 valence electrons. The van der Waals surface area contributed by atoms with E-state index < -0.39 is 6.17 Å². The minimum atomic E-state index is -0.752. The predicted octanol–water partition coefficient (Wildman–Crippen LogP) is 1.95. The molecule has 2 saturated heterocycles. The van der Waals surface area contributed by atoms with Gasteiger partial charge >= 0.3 is 7.12 Å². The average Bonchev–Trinajstić information content (AvgIpc) is 2.90. The summed E-state index contributed by atoms with van der Waals surface area (Å²) in [4.78, 5) is 0. The summed E-state index contributed by atoms with van der Waals surface area (Å²) in [6.07, 6.45) is 2.33. The number of hydrogen-bond donors (Lipinski definition) is 1. The average molecular weight is 267 g/mol. The third-order valence-corrected chi connectivity index (χ3v) is 6.41. The highest BCUT2D eigenvalue weighted by atomic mass is 19.1. The highest BCUT2D eigenvalue weighted by Crippen LogP contribution is 2.65. The second-order valence-electron chi connectivity index (χ2n) is 7.68. The van der Waals surface area contributed by atoms with Crippen LogP contribution in [0.5, 0.6) is 0 Å². The van der Waals surface area contributed by atoms with E-state index in [1.54, 1.807) is 0 Å². The number of nitrogens with one attached hydrogen (secondary N) is 1. The van der Waals surface area contributed by atoms with E-state index in [1.807, 2.05) is 0 Å². The van der Waals surface area contributed by atoms with Gasteiger partial charge in [0.25, 0.3) is 0 Å². The van der Waals surface area contributed by atoms with Crippen molar-refractivity contribution in [2.75, 3.05) is 6.54 Å². The standard InChI is InChI=1S/C14H23BFNO2/c1-13(2)8-4-10(13)14(3)11(5-8)18-15(19-14)12-6-9(16)7-17-12/h8-12,17H,4-7H2,1-3H3. The summed E-state index contributed by atoms with van der Waals surface area (Å²) in [7, 11) is -0.258. The Morgan fingerprint density at radius 1 is 1.21 bits per heavy atom. The van der Waals surface area contributed by atoms with Crippen molar-refractivity contribution in [1.82, 2.24) is 5.32 Å². The lowest BCUT2D eigenvalue weighted by atomic mass is 9.43. The van der Waals surface area contributed by atoms with E-state index >= 15 is 0 Å². The summed E-state index contributed by atoms with van der Waals surface area (Å²) in [5.41, 5.74) is 0.203. The zero-order valence-corrected chi connectivity index (χ0v) is 12.0. The SMILES string of the molecule is CC1(C)C2CC3OB(C4CC(F)CN4)OC3(C)C1C2. The normalized spacial score (nSPS) is 54.9. The molecule has 3 nitrogen and oxygen atoms in total. The molecule has 5 aliphatic rings. The smallest absolute Gasteiger partial charge is 0.404 e. The summed E-state index contributed by atoms with van der Waals surface area (Å²) in [6.45, 7) is 7.36. The van der Waals surface area contributed by atoms with Crippen LogP contribution in [-0.2, 0) is 9.31 Å². The van der Waals surface area contributed by atoms with Crippen LogP contribution in [0.4, 0.5) is 4.39 Å². The number of halogens is 1. The quantitative estimate of drug-likeness (QED) is 0.737. The predicted molar refractivity (Wildman–Crippen MR) is 71.4 cm³/mol. The molecule has 6 atom stereocenters. The largest absolute Gasteiger partial charge is 0.475 e. The van der Waals surface area contributed by atoms with E-state index in [2.05, 4.69) is 26.1 Å². The van der Waals surface area contributed by atoms with Crippen LogP contribution in [0.1, 0.15) is 40.0 Å². The van der Waals surface area contributed by atoms with Gasteiger partial charge in [-0.2, -0.15) is 0 Å². The minimum absolute atomic E-state index is 0.0257. The monoisotopic (exact) mass is 267 g/mol. The molecule has 2 aliphatic heterocycles. The van der Waals surface area contributed by atoms with Crippen LogP contribution >= 0.6 is 0 Å². The molecule has 2 bridgehead atoms. The zero-order chi connectivity index (χ0) is 13.4. The Hall–Kier alpha value is -0.125. The summed E-state index contributed by atoms with van der Waals surface area (Å²) < 4.78 is 25.8. The van der Waals surface area contributed by atoms with E-state index in [0.29, 0.717) is 24.3 Å². The molecule has 5 fully saturated rings. The molecular weight excluding hydrogens is 244 g/mol. The maximum Gasteiger partial charge on any atom is 0.475 e. The highest BCUT2D eigenvalue weighted by Gasteiger charge is 2.68. The first-order chi connectivity index (χ1) is 8.91. The molecule has 3 saturated carbocycles. The first-order valence-corrected chi connectivity index (χ1v) is 7.62. The summed E-state index contributed by atoms with van der Waals surface area (Å²) in [5.74, 6) is 1.37. The highest BCUT2D eigenvalue weighted by molar-refractivity contribution is 6.47. The molecule has 19 heavy (non-hydrogen) atoms. The van der Waals surface area contributed by atoms with Gasteiger partial charge in [-0.05, 0) is 43.4 Å². The van der Waals surface area contributed by atoms with Crippen LogP contribution < -0.4 is 5.32 Å². The van der Waals surface area contributed by atoms with Gasteiger partial charge < -0.3 is 14.6 Å². The third-order valence-electron chi connectivity index (χ3n) is 6.41. The van der Waals surface area contributed by atoms with Crippen LogP contribution in [0.25, 0.3) is 0 Å². The van der Waals surface area contributed by atoms with E-state index in [9.17, 15) is 4.39 Å². The van der Waals surface area contributed by atoms with Crippen molar-refractivity contribution in [3.8, 4) is 0 Å². The number of alkyl halides is 1. The van der Waals surface area contributed by atoms with Crippen molar-refractivity contribution >= 4 is 7.12 Å². The Morgan fingerprint density at radius 3 is 2.63 bits per heavy atom. The lowest BCUT2D eigenvalue weighted by molar-refractivity contribution is -0.199. The van der Waals surface area contributed by atoms with Crippen LogP contribution in [0.3, 0.4) is 0 Å². The molecular formula is C14H23BFNO2. The maximum absolute atomic E-state index is 13.3. The van der Waals surface area contributed by atoms with Crippen LogP contribution in [-0.4, -0.2) is 37.5 Å². The van der Waals surface area contributed by atoms with Gasteiger partial charge in [-0.1, -0.05) is 13.8 Å². The number of rotatable bonds is 1. The summed E-state index contributed by atoms with van der Waals surface area (Å²) >= 11 is 0. The van der Waals surface area contributed by atoms with Gasteiger partial charge in [-0.25, -0.2) is 4.39 Å². The fraction of sp³-hybridized carbons (Fsp3) is 1.00. The first-order valence-electron chi connectivity index (χ1n) is 7.62. The molecule has 2 heterocycles. The van der Waals surface area contributed by atoms with Crippen molar-refractivity contribution in [3.05, 3.63) is 0 Å². The zero-order valence-electron chi connectivity index (χ0n) is 12.0. The Labute approximate surface area is 114 Å². The van der Waals surface area contributed by atoms with E-state index in [4.69, 9.17) is 9.31 Å². The summed E-state index contributed by atoms with van der Waals surface area (Å²) in [6, 6.07) is 0. The lowest BCUT2D eigenvalue weighted by Crippen LogP contribution is -2.65. The van der Waals surface area contributed by atoms with Crippen LogP contribution in [0.15, 0.2) is 0 Å². The van der Waals surface area contributed by atoms with Crippen LogP contribution in [0, 0.1) is 17.3 Å². The topological polar surface area (TPSA) is 30.5 Å². The molecule has 5 heteroatoms. The molecule has 3 aliphatic carbocycles. The molecule has 5 rings (SSSR count). The number of hydrogen-bond acceptors (Lipinski definition) is 3. The second kappa shape index (κ2) is 3.74. The fourth-order valence-corrected chi connectivity index (χ4v) is 5.00. The van der Waals surface area contributed by atoms with Gasteiger partial charge in [0.1, 0.15) is 6.17 Å². The molecule has 0 spiro atoms. The van der Waals surface area contributed by atoms with E-state index in [1.165, 1.54) is 6.42 Å². The second-order valence-corrected chi connectivity index (χ2v) is 7.68. The van der Waals surface area contributed by atoms with Gasteiger partial charge in [0.05, 0.1) is 11.7 Å². The molecule has 0 radical (unpaired) electrons. The maximum atomic E-state index is 13.3. The minimum Gasteiger partial charge on any atom is -0.404 e. The molecule has 0 aromatic carbocycles. The van der Waals surface area contributed by atoms with Gasteiger partial charge in [0.15, 0.2) is 0 Å². The molecule has 1 N–H and O–H groups in total. The fourth-order valence-electron chi connectivity index (χ4n) is 5.00. The first kappa shape index (κ1) is 12.6. The van der Waals surface area contributed by atoms with E-state index in [0.717, 1.165) is 12.3 Å². The molecule has 0 amide bonds. The van der Waals surface area contributed by atoms with Gasteiger partial charge in [-0.3, -0.25) is 0 Å². The van der Waals surface area contributed by atoms with Gasteiger partial charge in [-0.15, -0.1) is 0 Å².